The highest BCUT2D eigenvalue weighted by Crippen LogP contribution is 2.32. The molecular weight excluding hydrogens is 313 g/mol. The normalized spacial score (nSPS) is 22.5. The fourth-order valence-electron chi connectivity index (χ4n) is 1.99. The first-order valence-corrected chi connectivity index (χ1v) is 7.01. The molecule has 1 aliphatic rings. The number of rotatable bonds is 3. The molecule has 1 N–H and O–H groups in total. The monoisotopic (exact) mass is 323 g/mol. The number of carboxylic acids is 1. The first kappa shape index (κ1) is 14.6. The molecule has 19 heavy (non-hydrogen) atoms. The number of halogens is 2. The minimum atomic E-state index is -0.975. The van der Waals surface area contributed by atoms with E-state index in [1.807, 2.05) is 0 Å². The molecule has 2 rings (SSSR count). The molecule has 0 aromatic carbocycles. The lowest BCUT2D eigenvalue weighted by molar-refractivity contribution is -0.142. The van der Waals surface area contributed by atoms with Gasteiger partial charge in [-0.25, -0.2) is 0 Å². The number of nitrogens with zero attached hydrogens (tertiary/aromatic N) is 1. The highest BCUT2D eigenvalue weighted by molar-refractivity contribution is 7.20. The van der Waals surface area contributed by atoms with E-state index in [1.165, 1.54) is 11.0 Å². The molecule has 104 valence electrons. The molecule has 2 heterocycles. The summed E-state index contributed by atoms with van der Waals surface area (Å²) < 4.78 is 5.86. The number of ether oxygens (including phenoxy) is 1. The fourth-order valence-corrected chi connectivity index (χ4v) is 3.44. The summed E-state index contributed by atoms with van der Waals surface area (Å²) in [6.45, 7) is 0.310. The highest BCUT2D eigenvalue weighted by atomic mass is 35.5. The maximum atomic E-state index is 12.3. The van der Waals surface area contributed by atoms with Crippen LogP contribution in [0.5, 0.6) is 0 Å². The second-order valence-electron chi connectivity index (χ2n) is 4.20. The zero-order valence-electron chi connectivity index (χ0n) is 9.93. The number of likely N-dealkylation sites (N-methyl/N-ethyl adjacent to an activating group) is 1. The molecule has 2 unspecified atom stereocenters. The molecule has 2 atom stereocenters. The second kappa shape index (κ2) is 5.66. The number of amides is 1. The molecule has 0 radical (unpaired) electrons. The van der Waals surface area contributed by atoms with Crippen LogP contribution in [0.4, 0.5) is 0 Å². The SMILES string of the molecule is CN(C(=O)c1cc(Cl)sc1Cl)C1COCC1C(=O)O. The predicted octanol–water partition coefficient (Wildman–Crippen LogP) is 2.23. The van der Waals surface area contributed by atoms with Crippen molar-refractivity contribution in [3.05, 3.63) is 20.3 Å². The van der Waals surface area contributed by atoms with Crippen LogP contribution in [0, 0.1) is 5.92 Å². The summed E-state index contributed by atoms with van der Waals surface area (Å²) in [4.78, 5) is 24.7. The Balaban J connectivity index is 2.19. The van der Waals surface area contributed by atoms with E-state index in [2.05, 4.69) is 0 Å². The Morgan fingerprint density at radius 3 is 2.68 bits per heavy atom. The molecule has 1 aromatic heterocycles. The minimum absolute atomic E-state index is 0.107. The zero-order valence-corrected chi connectivity index (χ0v) is 12.3. The number of carbonyl (C=O) groups is 2. The maximum Gasteiger partial charge on any atom is 0.311 e. The first-order valence-electron chi connectivity index (χ1n) is 5.44. The average molecular weight is 324 g/mol. The lowest BCUT2D eigenvalue weighted by Gasteiger charge is -2.26. The molecule has 1 fully saturated rings. The standard InChI is InChI=1S/C11H11Cl2NO4S/c1-14(7-4-18-3-6(7)11(16)17)10(15)5-2-8(12)19-9(5)13/h2,6-7H,3-4H2,1H3,(H,16,17). The van der Waals surface area contributed by atoms with Gasteiger partial charge in [0.1, 0.15) is 10.3 Å². The third-order valence-corrected chi connectivity index (χ3v) is 4.56. The Labute approximate surface area is 123 Å². The van der Waals surface area contributed by atoms with Crippen molar-refractivity contribution >= 4 is 46.4 Å². The van der Waals surface area contributed by atoms with Crippen LogP contribution in [0.15, 0.2) is 6.07 Å². The van der Waals surface area contributed by atoms with Crippen LogP contribution in [0.3, 0.4) is 0 Å². The van der Waals surface area contributed by atoms with E-state index in [0.29, 0.717) is 8.67 Å². The summed E-state index contributed by atoms with van der Waals surface area (Å²) >= 11 is 12.8. The number of hydrogen-bond donors (Lipinski definition) is 1. The van der Waals surface area contributed by atoms with Gasteiger partial charge in [-0.2, -0.15) is 0 Å². The van der Waals surface area contributed by atoms with Gasteiger partial charge in [-0.05, 0) is 6.07 Å². The molecule has 1 saturated heterocycles. The van der Waals surface area contributed by atoms with Gasteiger partial charge in [-0.15, -0.1) is 11.3 Å². The van der Waals surface area contributed by atoms with Crippen LogP contribution in [0.2, 0.25) is 8.67 Å². The Bertz CT molecular complexity index is 519. The number of hydrogen-bond acceptors (Lipinski definition) is 4. The lowest BCUT2D eigenvalue weighted by atomic mass is 10.0. The van der Waals surface area contributed by atoms with Crippen molar-refractivity contribution in [1.82, 2.24) is 4.90 Å². The second-order valence-corrected chi connectivity index (χ2v) is 6.49. The van der Waals surface area contributed by atoms with E-state index >= 15 is 0 Å². The van der Waals surface area contributed by atoms with Gasteiger partial charge in [0, 0.05) is 7.05 Å². The summed E-state index contributed by atoms with van der Waals surface area (Å²) in [5.74, 6) is -2.05. The predicted molar refractivity (Wildman–Crippen MR) is 72.2 cm³/mol. The van der Waals surface area contributed by atoms with Crippen molar-refractivity contribution in [1.29, 1.82) is 0 Å². The Hall–Kier alpha value is -0.820. The zero-order chi connectivity index (χ0) is 14.2. The number of aliphatic carboxylic acids is 1. The van der Waals surface area contributed by atoms with Crippen LogP contribution in [-0.4, -0.2) is 48.2 Å². The van der Waals surface area contributed by atoms with Crippen LogP contribution in [0.25, 0.3) is 0 Å². The highest BCUT2D eigenvalue weighted by Gasteiger charge is 2.39. The van der Waals surface area contributed by atoms with Gasteiger partial charge in [0.2, 0.25) is 0 Å². The Morgan fingerprint density at radius 2 is 2.16 bits per heavy atom. The van der Waals surface area contributed by atoms with Crippen LogP contribution in [0.1, 0.15) is 10.4 Å². The quantitative estimate of drug-likeness (QED) is 0.926. The summed E-state index contributed by atoms with van der Waals surface area (Å²) in [5.41, 5.74) is 0.287. The molecule has 0 spiro atoms. The smallest absolute Gasteiger partial charge is 0.311 e. The summed E-state index contributed by atoms with van der Waals surface area (Å²) in [6.07, 6.45) is 0. The topological polar surface area (TPSA) is 66.8 Å². The lowest BCUT2D eigenvalue weighted by Crippen LogP contribution is -2.44. The average Bonchev–Trinajstić information content (AvgIpc) is 2.93. The molecule has 0 bridgehead atoms. The summed E-state index contributed by atoms with van der Waals surface area (Å²) in [7, 11) is 1.54. The van der Waals surface area contributed by atoms with Gasteiger partial charge in [0.15, 0.2) is 0 Å². The van der Waals surface area contributed by atoms with Crippen LogP contribution in [-0.2, 0) is 9.53 Å². The van der Waals surface area contributed by atoms with Crippen molar-refractivity contribution in [3.63, 3.8) is 0 Å². The number of thiophene rings is 1. The van der Waals surface area contributed by atoms with Crippen LogP contribution >= 0.6 is 34.5 Å². The number of carboxylic acid groups (broad SMARTS) is 1. The van der Waals surface area contributed by atoms with Gasteiger partial charge >= 0.3 is 5.97 Å². The van der Waals surface area contributed by atoms with E-state index in [9.17, 15) is 9.59 Å². The van der Waals surface area contributed by atoms with Crippen LogP contribution < -0.4 is 0 Å². The van der Waals surface area contributed by atoms with Gasteiger partial charge in [0.25, 0.3) is 5.91 Å². The van der Waals surface area contributed by atoms with Crippen molar-refractivity contribution in [2.24, 2.45) is 5.92 Å². The number of carbonyl (C=O) groups excluding carboxylic acids is 1. The van der Waals surface area contributed by atoms with E-state index in [-0.39, 0.29) is 24.7 Å². The van der Waals surface area contributed by atoms with E-state index < -0.39 is 17.9 Å². The molecular formula is C11H11Cl2NO4S. The largest absolute Gasteiger partial charge is 0.481 e. The van der Waals surface area contributed by atoms with Crippen molar-refractivity contribution < 1.29 is 19.4 Å². The molecule has 1 aromatic rings. The molecule has 0 aliphatic carbocycles. The molecule has 8 heteroatoms. The van der Waals surface area contributed by atoms with Gasteiger partial charge in [0.05, 0.1) is 29.2 Å². The van der Waals surface area contributed by atoms with Gasteiger partial charge in [-0.1, -0.05) is 23.2 Å². The van der Waals surface area contributed by atoms with Crippen molar-refractivity contribution in [2.45, 2.75) is 6.04 Å². The Kier molecular flexibility index (Phi) is 4.35. The Morgan fingerprint density at radius 1 is 1.47 bits per heavy atom. The van der Waals surface area contributed by atoms with E-state index in [1.54, 1.807) is 7.05 Å². The maximum absolute atomic E-state index is 12.3. The third kappa shape index (κ3) is 2.86. The van der Waals surface area contributed by atoms with E-state index in [4.69, 9.17) is 33.0 Å². The molecule has 5 nitrogen and oxygen atoms in total. The summed E-state index contributed by atoms with van der Waals surface area (Å²) in [6, 6.07) is 0.985. The molecule has 1 aliphatic heterocycles. The molecule has 1 amide bonds. The minimum Gasteiger partial charge on any atom is -0.481 e. The van der Waals surface area contributed by atoms with E-state index in [0.717, 1.165) is 11.3 Å². The molecule has 0 saturated carbocycles. The summed E-state index contributed by atoms with van der Waals surface area (Å²) in [5, 5.41) is 9.08. The third-order valence-electron chi connectivity index (χ3n) is 3.07. The van der Waals surface area contributed by atoms with Crippen molar-refractivity contribution in [2.75, 3.05) is 20.3 Å². The fraction of sp³-hybridized carbons (Fsp3) is 0.455. The van der Waals surface area contributed by atoms with Crippen molar-refractivity contribution in [3.8, 4) is 0 Å². The van der Waals surface area contributed by atoms with Gasteiger partial charge in [-0.3, -0.25) is 9.59 Å². The van der Waals surface area contributed by atoms with Gasteiger partial charge < -0.3 is 14.7 Å². The first-order chi connectivity index (χ1) is 8.91.